The molecular weight excluding hydrogens is 356 g/mol. The van der Waals surface area contributed by atoms with Crippen LogP contribution in [0.2, 0.25) is 0 Å². The lowest BCUT2D eigenvalue weighted by Gasteiger charge is -2.19. The zero-order valence-corrected chi connectivity index (χ0v) is 14.8. The van der Waals surface area contributed by atoms with Crippen LogP contribution in [-0.4, -0.2) is 22.9 Å². The van der Waals surface area contributed by atoms with Crippen molar-refractivity contribution in [2.45, 2.75) is 6.04 Å². The third-order valence-corrected chi connectivity index (χ3v) is 4.12. The molecule has 0 saturated carbocycles. The second-order valence-corrected chi connectivity index (χ2v) is 6.02. The van der Waals surface area contributed by atoms with Crippen LogP contribution in [0.3, 0.4) is 0 Å². The van der Waals surface area contributed by atoms with E-state index < -0.39 is 23.8 Å². The molecule has 0 aliphatic carbocycles. The molecule has 3 N–H and O–H groups in total. The van der Waals surface area contributed by atoms with Gasteiger partial charge in [-0.25, -0.2) is 4.79 Å². The number of carbonyl (C=O) groups is 3. The van der Waals surface area contributed by atoms with Crippen molar-refractivity contribution in [2.24, 2.45) is 0 Å². The number of nitrogens with one attached hydrogen (secondary N) is 2. The van der Waals surface area contributed by atoms with E-state index in [-0.39, 0.29) is 11.3 Å². The number of hydrogen-bond donors (Lipinski definition) is 3. The Morgan fingerprint density at radius 3 is 1.96 bits per heavy atom. The molecule has 140 valence electrons. The molecule has 3 aromatic carbocycles. The number of amides is 2. The fourth-order valence-electron chi connectivity index (χ4n) is 2.73. The molecule has 0 fully saturated rings. The molecule has 0 bridgehead atoms. The molecular formula is C22H18N2O4. The Balaban J connectivity index is 1.88. The summed E-state index contributed by atoms with van der Waals surface area (Å²) in [6.45, 7) is 0. The van der Waals surface area contributed by atoms with Crippen LogP contribution < -0.4 is 10.6 Å². The van der Waals surface area contributed by atoms with Crippen LogP contribution in [-0.2, 0) is 4.79 Å². The lowest BCUT2D eigenvalue weighted by Crippen LogP contribution is -2.37. The first-order valence-corrected chi connectivity index (χ1v) is 8.60. The maximum atomic E-state index is 12.9. The minimum absolute atomic E-state index is 0.0305. The minimum atomic E-state index is -1.15. The van der Waals surface area contributed by atoms with Crippen LogP contribution in [0.25, 0.3) is 0 Å². The fourth-order valence-corrected chi connectivity index (χ4v) is 2.73. The van der Waals surface area contributed by atoms with E-state index in [1.54, 1.807) is 72.8 Å². The minimum Gasteiger partial charge on any atom is -0.478 e. The smallest absolute Gasteiger partial charge is 0.337 e. The number of benzene rings is 3. The second-order valence-electron chi connectivity index (χ2n) is 6.02. The first kappa shape index (κ1) is 18.8. The molecule has 6 heteroatoms. The summed E-state index contributed by atoms with van der Waals surface area (Å²) in [5, 5.41) is 14.6. The van der Waals surface area contributed by atoms with Gasteiger partial charge >= 0.3 is 5.97 Å². The van der Waals surface area contributed by atoms with Gasteiger partial charge in [0.25, 0.3) is 11.8 Å². The third kappa shape index (κ3) is 4.42. The summed E-state index contributed by atoms with van der Waals surface area (Å²) in [6.07, 6.45) is 0. The van der Waals surface area contributed by atoms with E-state index in [1.807, 2.05) is 0 Å². The Morgan fingerprint density at radius 2 is 1.32 bits per heavy atom. The van der Waals surface area contributed by atoms with Crippen molar-refractivity contribution < 1.29 is 19.5 Å². The van der Waals surface area contributed by atoms with Gasteiger partial charge in [0.15, 0.2) is 0 Å². The summed E-state index contributed by atoms with van der Waals surface area (Å²) in [6, 6.07) is 22.4. The van der Waals surface area contributed by atoms with Gasteiger partial charge in [-0.15, -0.1) is 0 Å². The van der Waals surface area contributed by atoms with Gasteiger partial charge in [0, 0.05) is 5.56 Å². The van der Waals surface area contributed by atoms with Gasteiger partial charge < -0.3 is 15.7 Å². The van der Waals surface area contributed by atoms with Crippen LogP contribution in [0, 0.1) is 0 Å². The number of carboxylic acid groups (broad SMARTS) is 1. The zero-order chi connectivity index (χ0) is 19.9. The SMILES string of the molecule is O=C(NC(C(=O)Nc1ccccc1C(=O)O)c1ccccc1)c1ccccc1. The summed E-state index contributed by atoms with van der Waals surface area (Å²) in [4.78, 5) is 36.9. The van der Waals surface area contributed by atoms with E-state index in [1.165, 1.54) is 12.1 Å². The number of para-hydroxylation sites is 1. The highest BCUT2D eigenvalue weighted by Crippen LogP contribution is 2.20. The van der Waals surface area contributed by atoms with Crippen molar-refractivity contribution in [3.8, 4) is 0 Å². The Kier molecular flexibility index (Phi) is 5.81. The highest BCUT2D eigenvalue weighted by molar-refractivity contribution is 6.04. The van der Waals surface area contributed by atoms with E-state index in [4.69, 9.17) is 0 Å². The van der Waals surface area contributed by atoms with Gasteiger partial charge in [0.1, 0.15) is 6.04 Å². The topological polar surface area (TPSA) is 95.5 Å². The zero-order valence-electron chi connectivity index (χ0n) is 14.8. The van der Waals surface area contributed by atoms with Crippen molar-refractivity contribution in [1.82, 2.24) is 5.32 Å². The van der Waals surface area contributed by atoms with Crippen LogP contribution >= 0.6 is 0 Å². The number of aromatic carboxylic acids is 1. The average molecular weight is 374 g/mol. The quantitative estimate of drug-likeness (QED) is 0.615. The van der Waals surface area contributed by atoms with Gasteiger partial charge in [0.2, 0.25) is 0 Å². The van der Waals surface area contributed by atoms with Crippen LogP contribution in [0.5, 0.6) is 0 Å². The van der Waals surface area contributed by atoms with Crippen molar-refractivity contribution >= 4 is 23.5 Å². The van der Waals surface area contributed by atoms with Crippen molar-refractivity contribution in [3.05, 3.63) is 102 Å². The van der Waals surface area contributed by atoms with Crippen LogP contribution in [0.1, 0.15) is 32.3 Å². The Labute approximate surface area is 161 Å². The summed E-state index contributed by atoms with van der Waals surface area (Å²) in [5.41, 5.74) is 1.13. The molecule has 6 nitrogen and oxygen atoms in total. The van der Waals surface area contributed by atoms with Gasteiger partial charge in [-0.3, -0.25) is 9.59 Å². The lowest BCUT2D eigenvalue weighted by molar-refractivity contribution is -0.118. The standard InChI is InChI=1S/C22H18N2O4/c25-20(16-11-5-2-6-12-16)24-19(15-9-3-1-4-10-15)21(26)23-18-14-8-7-13-17(18)22(27)28/h1-14,19H,(H,23,26)(H,24,25)(H,27,28). The number of rotatable bonds is 6. The summed E-state index contributed by atoms with van der Waals surface area (Å²) >= 11 is 0. The van der Waals surface area contributed by atoms with Gasteiger partial charge in [-0.1, -0.05) is 60.7 Å². The van der Waals surface area contributed by atoms with Crippen molar-refractivity contribution in [1.29, 1.82) is 0 Å². The Hall–Kier alpha value is -3.93. The Bertz CT molecular complexity index is 988. The van der Waals surface area contributed by atoms with Gasteiger partial charge in [-0.05, 0) is 29.8 Å². The van der Waals surface area contributed by atoms with Crippen molar-refractivity contribution in [3.63, 3.8) is 0 Å². The maximum Gasteiger partial charge on any atom is 0.337 e. The molecule has 0 aromatic heterocycles. The molecule has 3 aromatic rings. The van der Waals surface area contributed by atoms with Gasteiger partial charge in [-0.2, -0.15) is 0 Å². The number of carboxylic acids is 1. The summed E-state index contributed by atoms with van der Waals surface area (Å²) < 4.78 is 0. The van der Waals surface area contributed by atoms with Crippen LogP contribution in [0.4, 0.5) is 5.69 Å². The molecule has 0 spiro atoms. The third-order valence-electron chi connectivity index (χ3n) is 4.12. The predicted molar refractivity (Wildman–Crippen MR) is 105 cm³/mol. The molecule has 3 rings (SSSR count). The summed E-state index contributed by atoms with van der Waals surface area (Å²) in [5.74, 6) is -2.10. The predicted octanol–water partition coefficient (Wildman–Crippen LogP) is 3.49. The molecule has 0 aliphatic heterocycles. The largest absolute Gasteiger partial charge is 0.478 e. The number of carbonyl (C=O) groups excluding carboxylic acids is 2. The average Bonchev–Trinajstić information content (AvgIpc) is 2.73. The highest BCUT2D eigenvalue weighted by atomic mass is 16.4. The molecule has 0 saturated heterocycles. The molecule has 1 unspecified atom stereocenters. The number of anilines is 1. The van der Waals surface area contributed by atoms with E-state index >= 15 is 0 Å². The van der Waals surface area contributed by atoms with E-state index in [0.717, 1.165) is 0 Å². The maximum absolute atomic E-state index is 12.9. The van der Waals surface area contributed by atoms with E-state index in [0.29, 0.717) is 11.1 Å². The van der Waals surface area contributed by atoms with E-state index in [9.17, 15) is 19.5 Å². The molecule has 1 atom stereocenters. The monoisotopic (exact) mass is 374 g/mol. The van der Waals surface area contributed by atoms with Gasteiger partial charge in [0.05, 0.1) is 11.3 Å². The van der Waals surface area contributed by atoms with Crippen molar-refractivity contribution in [2.75, 3.05) is 5.32 Å². The molecule has 0 heterocycles. The van der Waals surface area contributed by atoms with Crippen LogP contribution in [0.15, 0.2) is 84.9 Å². The highest BCUT2D eigenvalue weighted by Gasteiger charge is 2.24. The number of hydrogen-bond acceptors (Lipinski definition) is 3. The molecule has 28 heavy (non-hydrogen) atoms. The Morgan fingerprint density at radius 1 is 0.750 bits per heavy atom. The normalized spacial score (nSPS) is 11.3. The molecule has 0 aliphatic rings. The lowest BCUT2D eigenvalue weighted by atomic mass is 10.0. The first-order chi connectivity index (χ1) is 13.6. The second kappa shape index (κ2) is 8.64. The summed E-state index contributed by atoms with van der Waals surface area (Å²) in [7, 11) is 0. The first-order valence-electron chi connectivity index (χ1n) is 8.60. The molecule has 0 radical (unpaired) electrons. The fraction of sp³-hybridized carbons (Fsp3) is 0.0455. The molecule has 2 amide bonds. The van der Waals surface area contributed by atoms with E-state index in [2.05, 4.69) is 10.6 Å².